The molecule has 0 saturated carbocycles. The van der Waals surface area contributed by atoms with Crippen LogP contribution in [0.25, 0.3) is 89.7 Å². The van der Waals surface area contributed by atoms with Crippen LogP contribution in [0.3, 0.4) is 0 Å². The first kappa shape index (κ1) is 28.5. The summed E-state index contributed by atoms with van der Waals surface area (Å²) in [4.78, 5) is 19.7. The lowest BCUT2D eigenvalue weighted by molar-refractivity contribution is 0.671. The molecule has 0 radical (unpaired) electrons. The van der Waals surface area contributed by atoms with E-state index in [0.29, 0.717) is 23.2 Å². The van der Waals surface area contributed by atoms with Gasteiger partial charge in [-0.25, -0.2) is 19.9 Å². The number of pyridine rings is 1. The fraction of sp³-hybridized carbons (Fsp3) is 0. The predicted octanol–water partition coefficient (Wildman–Crippen LogP) is 11.2. The van der Waals surface area contributed by atoms with Gasteiger partial charge in [-0.05, 0) is 34.9 Å². The topological polar surface area (TPSA) is 64.7 Å². The molecule has 230 valence electrons. The summed E-state index contributed by atoms with van der Waals surface area (Å²) in [7, 11) is 0. The Kier molecular flexibility index (Phi) is 7.06. The zero-order chi connectivity index (χ0) is 32.6. The maximum atomic E-state index is 6.76. The van der Waals surface area contributed by atoms with Crippen LogP contribution in [0.4, 0.5) is 0 Å². The van der Waals surface area contributed by atoms with Gasteiger partial charge in [0.1, 0.15) is 16.9 Å². The summed E-state index contributed by atoms with van der Waals surface area (Å²) in [5, 5.41) is 2.11. The van der Waals surface area contributed by atoms with Crippen molar-refractivity contribution < 1.29 is 4.42 Å². The third-order valence-electron chi connectivity index (χ3n) is 8.78. The van der Waals surface area contributed by atoms with Crippen molar-refractivity contribution in [2.24, 2.45) is 0 Å². The van der Waals surface area contributed by atoms with Crippen LogP contribution in [0.2, 0.25) is 0 Å². The molecule has 6 aromatic carbocycles. The van der Waals surface area contributed by atoms with Gasteiger partial charge in [0.15, 0.2) is 17.5 Å². The van der Waals surface area contributed by atoms with Crippen molar-refractivity contribution in [3.8, 4) is 67.8 Å². The van der Waals surface area contributed by atoms with Gasteiger partial charge in [0.05, 0.1) is 5.69 Å². The largest absolute Gasteiger partial charge is 0.455 e. The first-order valence-corrected chi connectivity index (χ1v) is 16.2. The van der Waals surface area contributed by atoms with Crippen molar-refractivity contribution in [3.63, 3.8) is 0 Å². The Labute approximate surface area is 283 Å². The molecule has 5 heteroatoms. The van der Waals surface area contributed by atoms with E-state index in [2.05, 4.69) is 84.9 Å². The molecule has 0 fully saturated rings. The molecule has 5 nitrogen and oxygen atoms in total. The molecule has 0 aliphatic carbocycles. The number of hydrogen-bond donors (Lipinski definition) is 0. The van der Waals surface area contributed by atoms with E-state index in [9.17, 15) is 0 Å². The highest BCUT2D eigenvalue weighted by atomic mass is 16.3. The second kappa shape index (κ2) is 12.1. The molecule has 49 heavy (non-hydrogen) atoms. The number of nitrogens with zero attached hydrogens (tertiary/aromatic N) is 4. The molecule has 0 aliphatic rings. The first-order valence-electron chi connectivity index (χ1n) is 16.2. The molecule has 0 atom stereocenters. The summed E-state index contributed by atoms with van der Waals surface area (Å²) in [6.07, 6.45) is 0. The van der Waals surface area contributed by atoms with E-state index in [0.717, 1.165) is 55.4 Å². The predicted molar refractivity (Wildman–Crippen MR) is 198 cm³/mol. The second-order valence-electron chi connectivity index (χ2n) is 11.9. The van der Waals surface area contributed by atoms with Crippen molar-refractivity contribution >= 4 is 21.9 Å². The molecule has 0 spiro atoms. The molecule has 0 saturated heterocycles. The lowest BCUT2D eigenvalue weighted by atomic mass is 9.98. The van der Waals surface area contributed by atoms with E-state index in [1.807, 2.05) is 84.9 Å². The Morgan fingerprint density at radius 3 is 1.35 bits per heavy atom. The van der Waals surface area contributed by atoms with Crippen molar-refractivity contribution in [2.75, 3.05) is 0 Å². The Balaban J connectivity index is 1.15. The summed E-state index contributed by atoms with van der Waals surface area (Å²) in [5.41, 5.74) is 10.3. The number of fused-ring (bicyclic) bond motifs is 3. The highest BCUT2D eigenvalue weighted by molar-refractivity contribution is 6.12. The zero-order valence-electron chi connectivity index (χ0n) is 26.4. The monoisotopic (exact) mass is 628 g/mol. The van der Waals surface area contributed by atoms with Gasteiger partial charge in [-0.1, -0.05) is 152 Å². The Morgan fingerprint density at radius 2 is 0.735 bits per heavy atom. The third-order valence-corrected chi connectivity index (χ3v) is 8.78. The minimum atomic E-state index is 0.507. The number of aromatic nitrogens is 4. The summed E-state index contributed by atoms with van der Waals surface area (Å²) >= 11 is 0. The molecule has 0 bridgehead atoms. The van der Waals surface area contributed by atoms with E-state index in [-0.39, 0.29) is 0 Å². The second-order valence-corrected chi connectivity index (χ2v) is 11.9. The van der Waals surface area contributed by atoms with Crippen LogP contribution < -0.4 is 0 Å². The van der Waals surface area contributed by atoms with Crippen LogP contribution in [-0.2, 0) is 0 Å². The molecule has 0 N–H and O–H groups in total. The van der Waals surface area contributed by atoms with Gasteiger partial charge < -0.3 is 4.42 Å². The van der Waals surface area contributed by atoms with Gasteiger partial charge in [-0.15, -0.1) is 0 Å². The SMILES string of the molecule is c1ccc(-c2ccc(-c3cccc4c3oc3c(-c5cccc(-c6nc(-c7ccccc7)nc(-c7ccccc7)n6)n5)cccc34)cc2)cc1. The molecule has 0 unspecified atom stereocenters. The van der Waals surface area contributed by atoms with E-state index < -0.39 is 0 Å². The molecule has 3 aromatic heterocycles. The smallest absolute Gasteiger partial charge is 0.182 e. The highest BCUT2D eigenvalue weighted by Gasteiger charge is 2.18. The van der Waals surface area contributed by atoms with E-state index >= 15 is 0 Å². The van der Waals surface area contributed by atoms with Crippen LogP contribution in [0.1, 0.15) is 0 Å². The average molecular weight is 629 g/mol. The summed E-state index contributed by atoms with van der Waals surface area (Å²) in [6.45, 7) is 0. The number of rotatable bonds is 6. The fourth-order valence-electron chi connectivity index (χ4n) is 6.35. The first-order chi connectivity index (χ1) is 24.3. The molecule has 0 amide bonds. The maximum Gasteiger partial charge on any atom is 0.182 e. The zero-order valence-corrected chi connectivity index (χ0v) is 26.4. The lowest BCUT2D eigenvalue weighted by Crippen LogP contribution is -2.01. The van der Waals surface area contributed by atoms with E-state index in [1.165, 1.54) is 11.1 Å². The molecule has 3 heterocycles. The quantitative estimate of drug-likeness (QED) is 0.183. The minimum absolute atomic E-state index is 0.507. The summed E-state index contributed by atoms with van der Waals surface area (Å²) in [6, 6.07) is 57.5. The van der Waals surface area contributed by atoms with Crippen molar-refractivity contribution in [1.82, 2.24) is 19.9 Å². The number of benzene rings is 6. The Hall–Kier alpha value is -6.72. The number of hydrogen-bond acceptors (Lipinski definition) is 5. The average Bonchev–Trinajstić information content (AvgIpc) is 3.58. The van der Waals surface area contributed by atoms with Crippen LogP contribution in [0.5, 0.6) is 0 Å². The van der Waals surface area contributed by atoms with Crippen LogP contribution in [0, 0.1) is 0 Å². The van der Waals surface area contributed by atoms with Gasteiger partial charge in [0.25, 0.3) is 0 Å². The summed E-state index contributed by atoms with van der Waals surface area (Å²) < 4.78 is 6.76. The molecule has 9 rings (SSSR count). The Bertz CT molecular complexity index is 2520. The van der Waals surface area contributed by atoms with Gasteiger partial charge in [0.2, 0.25) is 0 Å². The molecule has 0 aliphatic heterocycles. The molecule has 9 aromatic rings. The lowest BCUT2D eigenvalue weighted by Gasteiger charge is -2.09. The highest BCUT2D eigenvalue weighted by Crippen LogP contribution is 2.40. The van der Waals surface area contributed by atoms with E-state index in [1.54, 1.807) is 0 Å². The third kappa shape index (κ3) is 5.33. The molecular weight excluding hydrogens is 601 g/mol. The standard InChI is InChI=1S/C44H28N4O/c1-4-13-29(14-5-1)30-25-27-31(28-26-30)34-19-10-20-35-36-21-11-22-37(41(36)49-40(34)35)38-23-12-24-39(45-38)44-47-42(32-15-6-2-7-16-32)46-43(48-44)33-17-8-3-9-18-33/h1-28H. The summed E-state index contributed by atoms with van der Waals surface area (Å²) in [5.74, 6) is 1.70. The van der Waals surface area contributed by atoms with Gasteiger partial charge in [-0.3, -0.25) is 0 Å². The fourth-order valence-corrected chi connectivity index (χ4v) is 6.35. The normalized spacial score (nSPS) is 11.3. The van der Waals surface area contributed by atoms with Crippen LogP contribution in [0.15, 0.2) is 174 Å². The van der Waals surface area contributed by atoms with E-state index in [4.69, 9.17) is 24.4 Å². The van der Waals surface area contributed by atoms with Crippen LogP contribution in [-0.4, -0.2) is 19.9 Å². The number of furan rings is 1. The molecular formula is C44H28N4O. The van der Waals surface area contributed by atoms with Crippen molar-refractivity contribution in [1.29, 1.82) is 0 Å². The van der Waals surface area contributed by atoms with Gasteiger partial charge >= 0.3 is 0 Å². The maximum absolute atomic E-state index is 6.76. The Morgan fingerprint density at radius 1 is 0.286 bits per heavy atom. The minimum Gasteiger partial charge on any atom is -0.455 e. The van der Waals surface area contributed by atoms with Gasteiger partial charge in [-0.2, -0.15) is 0 Å². The van der Waals surface area contributed by atoms with Crippen molar-refractivity contribution in [2.45, 2.75) is 0 Å². The van der Waals surface area contributed by atoms with Crippen molar-refractivity contribution in [3.05, 3.63) is 170 Å². The van der Waals surface area contributed by atoms with Gasteiger partial charge in [0, 0.05) is 33.0 Å². The van der Waals surface area contributed by atoms with Crippen LogP contribution >= 0.6 is 0 Å². The number of para-hydroxylation sites is 2.